The smallest absolute Gasteiger partial charge is 0.124 e. The lowest BCUT2D eigenvalue weighted by Gasteiger charge is -2.28. The van der Waals surface area contributed by atoms with E-state index in [0.717, 1.165) is 18.4 Å². The zero-order valence-corrected chi connectivity index (χ0v) is 12.2. The Morgan fingerprint density at radius 3 is 2.67 bits per heavy atom. The van der Waals surface area contributed by atoms with Gasteiger partial charge in [0.1, 0.15) is 12.4 Å². The average Bonchev–Trinajstić information content (AvgIpc) is 3.01. The Morgan fingerprint density at radius 1 is 1.24 bits per heavy atom. The van der Waals surface area contributed by atoms with Crippen molar-refractivity contribution < 1.29 is 14.6 Å². The van der Waals surface area contributed by atoms with Crippen LogP contribution < -0.4 is 0 Å². The number of halogens is 1. The molecule has 0 amide bonds. The van der Waals surface area contributed by atoms with Crippen molar-refractivity contribution in [2.45, 2.75) is 38.3 Å². The van der Waals surface area contributed by atoms with Crippen molar-refractivity contribution >= 4 is 0 Å². The summed E-state index contributed by atoms with van der Waals surface area (Å²) < 4.78 is 13.4. The van der Waals surface area contributed by atoms with Crippen molar-refractivity contribution in [3.05, 3.63) is 35.1 Å². The molecule has 0 heterocycles. The lowest BCUT2D eigenvalue weighted by atomic mass is 10.1. The van der Waals surface area contributed by atoms with E-state index < -0.39 is 0 Å². The molecular formula is C17H22FNO2. The number of nitrogens with zero attached hydrogens (tertiary/aromatic N) is 1. The number of aliphatic hydroxyl groups excluding tert-OH is 2. The van der Waals surface area contributed by atoms with Crippen LogP contribution >= 0.6 is 0 Å². The number of aliphatic hydroxyl groups is 2. The summed E-state index contributed by atoms with van der Waals surface area (Å²) >= 11 is 0. The second-order valence-electron chi connectivity index (χ2n) is 5.39. The SMILES string of the molecule is OCC#Cc1cc(F)ccc1CN(CCO)C1CCCC1. The van der Waals surface area contributed by atoms with Crippen LogP contribution in [0.1, 0.15) is 36.8 Å². The molecule has 0 saturated heterocycles. The number of benzene rings is 1. The molecule has 0 radical (unpaired) electrons. The molecule has 0 unspecified atom stereocenters. The fourth-order valence-electron chi connectivity index (χ4n) is 2.95. The van der Waals surface area contributed by atoms with Crippen molar-refractivity contribution in [1.82, 2.24) is 4.90 Å². The molecule has 3 nitrogen and oxygen atoms in total. The zero-order valence-electron chi connectivity index (χ0n) is 12.2. The van der Waals surface area contributed by atoms with Crippen LogP contribution in [0.15, 0.2) is 18.2 Å². The van der Waals surface area contributed by atoms with E-state index >= 15 is 0 Å². The van der Waals surface area contributed by atoms with Gasteiger partial charge in [-0.3, -0.25) is 4.90 Å². The van der Waals surface area contributed by atoms with Crippen LogP contribution in [-0.4, -0.2) is 40.9 Å². The molecule has 1 aromatic carbocycles. The molecule has 0 aliphatic heterocycles. The van der Waals surface area contributed by atoms with Crippen LogP contribution in [-0.2, 0) is 6.54 Å². The van der Waals surface area contributed by atoms with Crippen LogP contribution in [0.25, 0.3) is 0 Å². The maximum Gasteiger partial charge on any atom is 0.124 e. The fourth-order valence-corrected chi connectivity index (χ4v) is 2.95. The Morgan fingerprint density at radius 2 is 2.00 bits per heavy atom. The van der Waals surface area contributed by atoms with Crippen molar-refractivity contribution in [2.24, 2.45) is 0 Å². The standard InChI is InChI=1S/C17H22FNO2/c18-16-8-7-15(14(12-16)4-3-10-20)13-19(9-11-21)17-5-1-2-6-17/h7-8,12,17,20-21H,1-2,5-6,9-11,13H2. The van der Waals surface area contributed by atoms with Crippen LogP contribution in [0.3, 0.4) is 0 Å². The summed E-state index contributed by atoms with van der Waals surface area (Å²) in [4.78, 5) is 2.25. The number of rotatable bonds is 5. The van der Waals surface area contributed by atoms with Gasteiger partial charge in [0, 0.05) is 24.7 Å². The Labute approximate surface area is 125 Å². The minimum atomic E-state index is -0.324. The first-order chi connectivity index (χ1) is 10.2. The first-order valence-electron chi connectivity index (χ1n) is 7.47. The molecule has 0 spiro atoms. The van der Waals surface area contributed by atoms with Gasteiger partial charge in [-0.25, -0.2) is 4.39 Å². The first-order valence-corrected chi connectivity index (χ1v) is 7.47. The van der Waals surface area contributed by atoms with Crippen LogP contribution in [0.2, 0.25) is 0 Å². The predicted octanol–water partition coefficient (Wildman–Crippen LogP) is 1.91. The topological polar surface area (TPSA) is 43.7 Å². The minimum Gasteiger partial charge on any atom is -0.395 e. The van der Waals surface area contributed by atoms with E-state index in [1.165, 1.54) is 25.0 Å². The highest BCUT2D eigenvalue weighted by molar-refractivity contribution is 5.41. The van der Waals surface area contributed by atoms with Gasteiger partial charge in [0.15, 0.2) is 0 Å². The van der Waals surface area contributed by atoms with Gasteiger partial charge in [0.25, 0.3) is 0 Å². The number of hydrogen-bond acceptors (Lipinski definition) is 3. The van der Waals surface area contributed by atoms with E-state index in [1.807, 2.05) is 0 Å². The second kappa shape index (κ2) is 8.14. The van der Waals surface area contributed by atoms with Crippen LogP contribution in [0.5, 0.6) is 0 Å². The summed E-state index contributed by atoms with van der Waals surface area (Å²) in [6, 6.07) is 5.08. The van der Waals surface area contributed by atoms with Gasteiger partial charge in [0.2, 0.25) is 0 Å². The Balaban J connectivity index is 2.18. The van der Waals surface area contributed by atoms with Crippen molar-refractivity contribution in [3.8, 4) is 11.8 Å². The molecule has 4 heteroatoms. The summed E-state index contributed by atoms with van der Waals surface area (Å²) in [5.74, 6) is 5.07. The van der Waals surface area contributed by atoms with Gasteiger partial charge in [0.05, 0.1) is 6.61 Å². The summed E-state index contributed by atoms with van der Waals surface area (Å²) in [7, 11) is 0. The Bertz CT molecular complexity index is 515. The minimum absolute atomic E-state index is 0.120. The lowest BCUT2D eigenvalue weighted by Crippen LogP contribution is -2.35. The average molecular weight is 291 g/mol. The normalized spacial score (nSPS) is 15.2. The van der Waals surface area contributed by atoms with E-state index in [9.17, 15) is 9.50 Å². The molecule has 2 rings (SSSR count). The highest BCUT2D eigenvalue weighted by Crippen LogP contribution is 2.25. The molecule has 1 saturated carbocycles. The van der Waals surface area contributed by atoms with E-state index in [2.05, 4.69) is 16.7 Å². The largest absolute Gasteiger partial charge is 0.395 e. The summed E-state index contributed by atoms with van der Waals surface area (Å²) in [6.07, 6.45) is 4.76. The van der Waals surface area contributed by atoms with Crippen molar-refractivity contribution in [3.63, 3.8) is 0 Å². The van der Waals surface area contributed by atoms with Gasteiger partial charge in [-0.1, -0.05) is 30.7 Å². The molecule has 0 aromatic heterocycles. The fraction of sp³-hybridized carbons (Fsp3) is 0.529. The summed E-state index contributed by atoms with van der Waals surface area (Å²) in [5.41, 5.74) is 1.56. The maximum absolute atomic E-state index is 13.4. The molecule has 1 aromatic rings. The molecule has 2 N–H and O–H groups in total. The monoisotopic (exact) mass is 291 g/mol. The summed E-state index contributed by atoms with van der Waals surface area (Å²) in [5, 5.41) is 18.1. The lowest BCUT2D eigenvalue weighted by molar-refractivity contribution is 0.144. The van der Waals surface area contributed by atoms with Crippen molar-refractivity contribution in [1.29, 1.82) is 0 Å². The maximum atomic E-state index is 13.4. The Kier molecular flexibility index (Phi) is 6.19. The molecule has 0 bridgehead atoms. The highest BCUT2D eigenvalue weighted by atomic mass is 19.1. The highest BCUT2D eigenvalue weighted by Gasteiger charge is 2.22. The van der Waals surface area contributed by atoms with Crippen LogP contribution in [0, 0.1) is 17.7 Å². The van der Waals surface area contributed by atoms with E-state index in [-0.39, 0.29) is 19.0 Å². The molecular weight excluding hydrogens is 269 g/mol. The van der Waals surface area contributed by atoms with Gasteiger partial charge >= 0.3 is 0 Å². The molecule has 1 aliphatic rings. The second-order valence-corrected chi connectivity index (χ2v) is 5.39. The first kappa shape index (κ1) is 16.0. The van der Waals surface area contributed by atoms with Gasteiger partial charge in [-0.05, 0) is 30.5 Å². The van der Waals surface area contributed by atoms with Gasteiger partial charge < -0.3 is 10.2 Å². The molecule has 21 heavy (non-hydrogen) atoms. The number of hydrogen-bond donors (Lipinski definition) is 2. The molecule has 1 aliphatic carbocycles. The Hall–Kier alpha value is -1.41. The zero-order chi connectivity index (χ0) is 15.1. The third kappa shape index (κ3) is 4.53. The van der Waals surface area contributed by atoms with Gasteiger partial charge in [-0.15, -0.1) is 0 Å². The molecule has 0 atom stereocenters. The summed E-state index contributed by atoms with van der Waals surface area (Å²) in [6.45, 7) is 1.16. The van der Waals surface area contributed by atoms with E-state index in [1.54, 1.807) is 6.07 Å². The quantitative estimate of drug-likeness (QED) is 0.815. The van der Waals surface area contributed by atoms with E-state index in [0.29, 0.717) is 24.7 Å². The third-order valence-electron chi connectivity index (χ3n) is 3.98. The predicted molar refractivity (Wildman–Crippen MR) is 80.1 cm³/mol. The van der Waals surface area contributed by atoms with Crippen LogP contribution in [0.4, 0.5) is 4.39 Å². The van der Waals surface area contributed by atoms with E-state index in [4.69, 9.17) is 5.11 Å². The molecule has 114 valence electrons. The van der Waals surface area contributed by atoms with Crippen molar-refractivity contribution in [2.75, 3.05) is 19.8 Å². The third-order valence-corrected chi connectivity index (χ3v) is 3.98. The molecule has 1 fully saturated rings. The van der Waals surface area contributed by atoms with Gasteiger partial charge in [-0.2, -0.15) is 0 Å².